The summed E-state index contributed by atoms with van der Waals surface area (Å²) in [4.78, 5) is 116. The average molecular weight is 800 g/mol. The lowest BCUT2D eigenvalue weighted by Gasteiger charge is -2.25. The lowest BCUT2D eigenvalue weighted by molar-refractivity contribution is -0.138. The number of aliphatic carboxylic acids is 1. The molecule has 17 N–H and O–H groups in total. The molecule has 0 heterocycles. The molecule has 56 heavy (non-hydrogen) atoms. The Morgan fingerprint density at radius 3 is 1.64 bits per heavy atom. The Bertz CT molecular complexity index is 1390. The van der Waals surface area contributed by atoms with Gasteiger partial charge in [-0.25, -0.2) is 0 Å². The van der Waals surface area contributed by atoms with Gasteiger partial charge in [-0.3, -0.25) is 48.1 Å². The van der Waals surface area contributed by atoms with Crippen LogP contribution in [0.2, 0.25) is 0 Å². The van der Waals surface area contributed by atoms with E-state index in [1.54, 1.807) is 13.8 Å². The molecule has 0 rings (SSSR count). The highest BCUT2D eigenvalue weighted by Crippen LogP contribution is 2.09. The summed E-state index contributed by atoms with van der Waals surface area (Å²) in [5.41, 5.74) is 22.1. The van der Waals surface area contributed by atoms with Crippen LogP contribution >= 0.6 is 0 Å². The van der Waals surface area contributed by atoms with Gasteiger partial charge in [-0.1, -0.05) is 20.3 Å². The number of hydrogen-bond acceptors (Lipinski definition) is 12. The Labute approximate surface area is 325 Å². The van der Waals surface area contributed by atoms with E-state index in [2.05, 4.69) is 47.5 Å². The number of carboxylic acids is 1. The first-order chi connectivity index (χ1) is 26.2. The van der Waals surface area contributed by atoms with Gasteiger partial charge in [-0.2, -0.15) is 0 Å². The summed E-state index contributed by atoms with van der Waals surface area (Å²) in [7, 11) is 0. The number of carboxylic acid groups (broad SMARTS) is 1. The zero-order valence-electron chi connectivity index (χ0n) is 32.7. The fraction of sp³-hybridized carbons (Fsp3) is 0.697. The number of hydrogen-bond donors (Lipinski definition) is 13. The van der Waals surface area contributed by atoms with Crippen molar-refractivity contribution in [3.63, 3.8) is 0 Å². The van der Waals surface area contributed by atoms with E-state index < -0.39 is 115 Å². The summed E-state index contributed by atoms with van der Waals surface area (Å²) < 4.78 is 0. The molecule has 23 heteroatoms. The second kappa shape index (κ2) is 27.1. The van der Waals surface area contributed by atoms with Crippen LogP contribution in [0.25, 0.3) is 0 Å². The molecule has 0 aliphatic heterocycles. The molecule has 0 aromatic rings. The number of rotatable bonds is 27. The number of amides is 8. The van der Waals surface area contributed by atoms with Crippen molar-refractivity contribution < 1.29 is 48.3 Å². The van der Waals surface area contributed by atoms with Crippen LogP contribution in [0.3, 0.4) is 0 Å². The highest BCUT2D eigenvalue weighted by Gasteiger charge is 2.30. The zero-order valence-corrected chi connectivity index (χ0v) is 32.7. The molecule has 7 atom stereocenters. The van der Waals surface area contributed by atoms with Crippen molar-refractivity contribution in [1.82, 2.24) is 42.5 Å². The van der Waals surface area contributed by atoms with Crippen molar-refractivity contribution in [2.24, 2.45) is 33.8 Å². The Morgan fingerprint density at radius 1 is 0.607 bits per heavy atom. The monoisotopic (exact) mass is 799 g/mol. The molecule has 0 saturated carbocycles. The summed E-state index contributed by atoms with van der Waals surface area (Å²) in [6.07, 6.45) is 2.42. The van der Waals surface area contributed by atoms with Gasteiger partial charge in [-0.05, 0) is 65.3 Å². The van der Waals surface area contributed by atoms with E-state index in [9.17, 15) is 43.2 Å². The van der Waals surface area contributed by atoms with E-state index >= 15 is 0 Å². The summed E-state index contributed by atoms with van der Waals surface area (Å²) in [5, 5.41) is 27.9. The van der Waals surface area contributed by atoms with Crippen molar-refractivity contribution in [2.45, 2.75) is 109 Å². The topological polar surface area (TPSA) is 387 Å². The maximum atomic E-state index is 13.1. The number of nitrogens with two attached hydrogens (primary N) is 4. The van der Waals surface area contributed by atoms with E-state index in [4.69, 9.17) is 28.0 Å². The van der Waals surface area contributed by atoms with Crippen LogP contribution in [-0.2, 0) is 43.2 Å². The Balaban J connectivity index is 5.10. The maximum absolute atomic E-state index is 13.1. The fourth-order valence-electron chi connectivity index (χ4n) is 4.68. The van der Waals surface area contributed by atoms with Gasteiger partial charge >= 0.3 is 5.97 Å². The van der Waals surface area contributed by atoms with E-state index in [0.29, 0.717) is 32.2 Å². The van der Waals surface area contributed by atoms with E-state index in [1.165, 1.54) is 20.8 Å². The minimum Gasteiger partial charge on any atom is -0.480 e. The van der Waals surface area contributed by atoms with Crippen LogP contribution in [-0.4, -0.2) is 133 Å². The van der Waals surface area contributed by atoms with Gasteiger partial charge in [0.05, 0.1) is 19.1 Å². The van der Waals surface area contributed by atoms with Crippen molar-refractivity contribution in [1.29, 1.82) is 0 Å². The molecule has 0 spiro atoms. The standard InChI is InChI=1S/C33H61N13O10/c1-6-17(2)26(32(56)40-15-24(48)42-18(3)27(51)41-16-25(49)50)46-29(53)20(5)43-23(47)14-39-28(52)19(4)44-31(55)22(11-7-8-12-34)45-30(54)21(35)10-9-13-38-33(36)37/h17-22,26H,6-16,34-35H2,1-5H3,(H,39,52)(H,40,56)(H,41,51)(H,42,48)(H,43,47)(H,44,55)(H,45,54)(H,46,53)(H,49,50)(H4,36,37,38)/t17-,18-,19-,20-,21-,22-,26-/m0/s1. The van der Waals surface area contributed by atoms with Gasteiger partial charge in [-0.15, -0.1) is 0 Å². The van der Waals surface area contributed by atoms with Gasteiger partial charge in [0, 0.05) is 6.54 Å². The third-order valence-corrected chi connectivity index (χ3v) is 8.23. The molecule has 0 radical (unpaired) electrons. The second-order valence-electron chi connectivity index (χ2n) is 13.1. The average Bonchev–Trinajstić information content (AvgIpc) is 3.14. The molecule has 23 nitrogen and oxygen atoms in total. The van der Waals surface area contributed by atoms with Crippen LogP contribution < -0.4 is 65.5 Å². The van der Waals surface area contributed by atoms with E-state index in [1.807, 2.05) is 0 Å². The van der Waals surface area contributed by atoms with E-state index in [0.717, 1.165) is 0 Å². The Kier molecular flexibility index (Phi) is 24.4. The molecule has 0 aromatic carbocycles. The molecule has 8 amide bonds. The fourth-order valence-corrected chi connectivity index (χ4v) is 4.68. The predicted molar refractivity (Wildman–Crippen MR) is 204 cm³/mol. The smallest absolute Gasteiger partial charge is 0.322 e. The molecule has 0 aliphatic rings. The lowest BCUT2D eigenvalue weighted by atomic mass is 9.98. The van der Waals surface area contributed by atoms with Crippen LogP contribution in [0.5, 0.6) is 0 Å². The molecule has 318 valence electrons. The number of unbranched alkanes of at least 4 members (excludes halogenated alkanes) is 1. The SMILES string of the molecule is CC[C@H](C)[C@H](NC(=O)[C@H](C)NC(=O)CNC(=O)[C@H](C)NC(=O)[C@H](CCCCN)NC(=O)[C@@H](N)CCCN=C(N)N)C(=O)NCC(=O)N[C@@H](C)C(=O)NCC(=O)O. The molecular formula is C33H61N13O10. The van der Waals surface area contributed by atoms with Crippen LogP contribution in [0.15, 0.2) is 4.99 Å². The number of nitrogens with zero attached hydrogens (tertiary/aromatic N) is 1. The summed E-state index contributed by atoms with van der Waals surface area (Å²) >= 11 is 0. The molecule has 0 bridgehead atoms. The number of carbonyl (C=O) groups is 9. The van der Waals surface area contributed by atoms with Gasteiger partial charge in [0.1, 0.15) is 36.8 Å². The normalized spacial score (nSPS) is 14.4. The number of nitrogens with one attached hydrogen (secondary N) is 8. The molecule has 0 aromatic heterocycles. The minimum atomic E-state index is -1.27. The second-order valence-corrected chi connectivity index (χ2v) is 13.1. The molecule has 0 aliphatic carbocycles. The van der Waals surface area contributed by atoms with Crippen LogP contribution in [0.1, 0.15) is 73.1 Å². The highest BCUT2D eigenvalue weighted by molar-refractivity contribution is 5.96. The minimum absolute atomic E-state index is 0.0895. The highest BCUT2D eigenvalue weighted by atomic mass is 16.4. The third-order valence-electron chi connectivity index (χ3n) is 8.23. The summed E-state index contributed by atoms with van der Waals surface area (Å²) in [5.74, 6) is -7.44. The summed E-state index contributed by atoms with van der Waals surface area (Å²) in [6, 6.07) is -6.47. The summed E-state index contributed by atoms with van der Waals surface area (Å²) in [6.45, 7) is 6.38. The molecule has 0 saturated heterocycles. The van der Waals surface area contributed by atoms with Crippen molar-refractivity contribution >= 4 is 59.2 Å². The van der Waals surface area contributed by atoms with Gasteiger partial charge < -0.3 is 70.6 Å². The lowest BCUT2D eigenvalue weighted by Crippen LogP contribution is -2.57. The zero-order chi connectivity index (χ0) is 43.0. The third kappa shape index (κ3) is 21.3. The number of carbonyl (C=O) groups excluding carboxylic acids is 8. The quantitative estimate of drug-likeness (QED) is 0.0209. The first-order valence-corrected chi connectivity index (χ1v) is 18.3. The van der Waals surface area contributed by atoms with Crippen molar-refractivity contribution in [3.8, 4) is 0 Å². The van der Waals surface area contributed by atoms with Crippen LogP contribution in [0.4, 0.5) is 0 Å². The van der Waals surface area contributed by atoms with Crippen molar-refractivity contribution in [2.75, 3.05) is 32.7 Å². The van der Waals surface area contributed by atoms with Crippen molar-refractivity contribution in [3.05, 3.63) is 0 Å². The largest absolute Gasteiger partial charge is 0.480 e. The molecule has 0 fully saturated rings. The predicted octanol–water partition coefficient (Wildman–Crippen LogP) is -5.54. The van der Waals surface area contributed by atoms with Gasteiger partial charge in [0.15, 0.2) is 5.96 Å². The number of guanidine groups is 1. The van der Waals surface area contributed by atoms with Gasteiger partial charge in [0.25, 0.3) is 0 Å². The first kappa shape index (κ1) is 50.4. The Hall–Kier alpha value is -5.58. The van der Waals surface area contributed by atoms with Gasteiger partial charge in [0.2, 0.25) is 47.3 Å². The first-order valence-electron chi connectivity index (χ1n) is 18.3. The Morgan fingerprint density at radius 2 is 1.12 bits per heavy atom. The maximum Gasteiger partial charge on any atom is 0.322 e. The molecule has 0 unspecified atom stereocenters. The number of aliphatic imine (C=N–C) groups is 1. The van der Waals surface area contributed by atoms with E-state index in [-0.39, 0.29) is 25.3 Å². The molecular weight excluding hydrogens is 738 g/mol. The van der Waals surface area contributed by atoms with Crippen LogP contribution in [0, 0.1) is 5.92 Å².